The first-order valence-electron chi connectivity index (χ1n) is 6.92. The van der Waals surface area contributed by atoms with E-state index in [1.54, 1.807) is 12.1 Å². The molecule has 4 aromatic rings. The third-order valence-corrected chi connectivity index (χ3v) is 3.53. The minimum atomic E-state index is -0.303. The van der Waals surface area contributed by atoms with Gasteiger partial charge in [-0.1, -0.05) is 5.16 Å². The molecule has 6 nitrogen and oxygen atoms in total. The number of hydrogen-bond donors (Lipinski definition) is 2. The highest BCUT2D eigenvalue weighted by atomic mass is 19.1. The fourth-order valence-electron chi connectivity index (χ4n) is 2.44. The van der Waals surface area contributed by atoms with Crippen molar-refractivity contribution in [3.8, 4) is 23.0 Å². The summed E-state index contributed by atoms with van der Waals surface area (Å²) in [5.41, 5.74) is 2.44. The van der Waals surface area contributed by atoms with Crippen molar-refractivity contribution in [2.75, 3.05) is 0 Å². The summed E-state index contributed by atoms with van der Waals surface area (Å²) in [6.45, 7) is 1.82. The van der Waals surface area contributed by atoms with E-state index in [0.717, 1.165) is 5.56 Å². The van der Waals surface area contributed by atoms with Gasteiger partial charge in [-0.15, -0.1) is 0 Å². The summed E-state index contributed by atoms with van der Waals surface area (Å²) in [5, 5.41) is 4.35. The Bertz CT molecular complexity index is 1060. The third-order valence-electron chi connectivity index (χ3n) is 3.53. The van der Waals surface area contributed by atoms with Gasteiger partial charge in [-0.05, 0) is 36.8 Å². The van der Waals surface area contributed by atoms with Crippen LogP contribution in [0.1, 0.15) is 5.56 Å². The predicted molar refractivity (Wildman–Crippen MR) is 82.3 cm³/mol. The molecule has 0 aliphatic heterocycles. The molecule has 0 amide bonds. The molecule has 0 aliphatic carbocycles. The molecule has 4 rings (SSSR count). The molecule has 0 saturated heterocycles. The maximum Gasteiger partial charge on any atom is 0.274 e. The summed E-state index contributed by atoms with van der Waals surface area (Å²) in [6.07, 6.45) is 1.51. The van der Waals surface area contributed by atoms with Crippen LogP contribution in [0.25, 0.3) is 33.9 Å². The predicted octanol–water partition coefficient (Wildman–Crippen LogP) is 3.02. The first-order chi connectivity index (χ1) is 11.1. The first kappa shape index (κ1) is 13.4. The van der Waals surface area contributed by atoms with Gasteiger partial charge in [-0.2, -0.15) is 4.98 Å². The lowest BCUT2D eigenvalue weighted by Crippen LogP contribution is -2.01. The van der Waals surface area contributed by atoms with Crippen LogP contribution in [0.4, 0.5) is 4.39 Å². The van der Waals surface area contributed by atoms with Crippen molar-refractivity contribution < 1.29 is 8.91 Å². The fraction of sp³-hybridized carbons (Fsp3) is 0.0625. The highest BCUT2D eigenvalue weighted by molar-refractivity contribution is 5.85. The Morgan fingerprint density at radius 2 is 2.09 bits per heavy atom. The number of nitrogens with zero attached hydrogens (tertiary/aromatic N) is 2. The Morgan fingerprint density at radius 3 is 2.87 bits per heavy atom. The molecule has 0 aliphatic rings. The topological polar surface area (TPSA) is 87.6 Å². The van der Waals surface area contributed by atoms with Crippen molar-refractivity contribution in [1.29, 1.82) is 0 Å². The van der Waals surface area contributed by atoms with Crippen molar-refractivity contribution in [2.24, 2.45) is 0 Å². The average Bonchev–Trinajstić information content (AvgIpc) is 3.14. The van der Waals surface area contributed by atoms with Crippen LogP contribution < -0.4 is 5.56 Å². The molecule has 0 saturated carbocycles. The Hall–Kier alpha value is -3.22. The molecule has 0 unspecified atom stereocenters. The van der Waals surface area contributed by atoms with Crippen molar-refractivity contribution in [3.05, 3.63) is 58.3 Å². The lowest BCUT2D eigenvalue weighted by atomic mass is 10.2. The molecule has 0 spiro atoms. The van der Waals surface area contributed by atoms with Gasteiger partial charge in [0.05, 0.1) is 0 Å². The largest absolute Gasteiger partial charge is 0.350 e. The Morgan fingerprint density at radius 1 is 1.22 bits per heavy atom. The minimum Gasteiger partial charge on any atom is -0.350 e. The second-order valence-corrected chi connectivity index (χ2v) is 5.26. The van der Waals surface area contributed by atoms with Crippen molar-refractivity contribution in [1.82, 2.24) is 20.1 Å². The molecule has 0 radical (unpaired) electrons. The Labute approximate surface area is 129 Å². The zero-order chi connectivity index (χ0) is 16.0. The number of pyridine rings is 1. The number of fused-ring (bicyclic) bond motifs is 1. The minimum absolute atomic E-state index is 0.209. The fourth-order valence-corrected chi connectivity index (χ4v) is 2.44. The second-order valence-electron chi connectivity index (χ2n) is 5.26. The van der Waals surface area contributed by atoms with Gasteiger partial charge in [0.25, 0.3) is 5.89 Å². The first-order valence-corrected chi connectivity index (χ1v) is 6.92. The number of H-pyrrole nitrogens is 2. The summed E-state index contributed by atoms with van der Waals surface area (Å²) in [6, 6.07) is 7.93. The van der Waals surface area contributed by atoms with Gasteiger partial charge in [-0.3, -0.25) is 4.79 Å². The van der Waals surface area contributed by atoms with Gasteiger partial charge in [0, 0.05) is 28.7 Å². The van der Waals surface area contributed by atoms with Gasteiger partial charge in [-0.25, -0.2) is 4.39 Å². The monoisotopic (exact) mass is 310 g/mol. The smallest absolute Gasteiger partial charge is 0.274 e. The maximum absolute atomic E-state index is 14.0. The van der Waals surface area contributed by atoms with Crippen LogP contribution in [0, 0.1) is 12.7 Å². The summed E-state index contributed by atoms with van der Waals surface area (Å²) < 4.78 is 19.2. The summed E-state index contributed by atoms with van der Waals surface area (Å²) >= 11 is 0. The molecule has 23 heavy (non-hydrogen) atoms. The van der Waals surface area contributed by atoms with E-state index < -0.39 is 0 Å². The van der Waals surface area contributed by atoms with E-state index in [2.05, 4.69) is 20.1 Å². The van der Waals surface area contributed by atoms with E-state index in [0.29, 0.717) is 28.0 Å². The third kappa shape index (κ3) is 2.32. The second kappa shape index (κ2) is 4.91. The molecule has 0 fully saturated rings. The number of rotatable bonds is 2. The van der Waals surface area contributed by atoms with Gasteiger partial charge in [0.15, 0.2) is 0 Å². The van der Waals surface area contributed by atoms with Crippen molar-refractivity contribution >= 4 is 10.9 Å². The van der Waals surface area contributed by atoms with Gasteiger partial charge < -0.3 is 14.5 Å². The zero-order valence-corrected chi connectivity index (χ0v) is 12.1. The molecular formula is C16H11FN4O2. The van der Waals surface area contributed by atoms with Gasteiger partial charge in [0.2, 0.25) is 11.4 Å². The summed E-state index contributed by atoms with van der Waals surface area (Å²) in [4.78, 5) is 21.0. The number of aromatic nitrogens is 4. The average molecular weight is 310 g/mol. The van der Waals surface area contributed by atoms with Gasteiger partial charge in [0.1, 0.15) is 11.5 Å². The SMILES string of the molecule is Cc1cc(F)c2cc(-c3nc(-c4ccc(=O)[nH]c4)no3)[nH]c2c1. The van der Waals surface area contributed by atoms with Crippen LogP contribution in [0.15, 0.2) is 45.8 Å². The highest BCUT2D eigenvalue weighted by Gasteiger charge is 2.14. The van der Waals surface area contributed by atoms with Crippen LogP contribution in [0.3, 0.4) is 0 Å². The number of aromatic amines is 2. The Balaban J connectivity index is 1.78. The normalized spacial score (nSPS) is 11.2. The van der Waals surface area contributed by atoms with Crippen molar-refractivity contribution in [2.45, 2.75) is 6.92 Å². The van der Waals surface area contributed by atoms with E-state index in [9.17, 15) is 9.18 Å². The van der Waals surface area contributed by atoms with Crippen LogP contribution in [0.2, 0.25) is 0 Å². The summed E-state index contributed by atoms with van der Waals surface area (Å²) in [5.74, 6) is 0.286. The van der Waals surface area contributed by atoms with Crippen LogP contribution in [-0.2, 0) is 0 Å². The molecule has 0 atom stereocenters. The summed E-state index contributed by atoms with van der Waals surface area (Å²) in [7, 11) is 0. The molecule has 114 valence electrons. The number of hydrogen-bond acceptors (Lipinski definition) is 4. The Kier molecular flexibility index (Phi) is 2.87. The number of nitrogens with one attached hydrogen (secondary N) is 2. The molecule has 0 bridgehead atoms. The highest BCUT2D eigenvalue weighted by Crippen LogP contribution is 2.27. The van der Waals surface area contributed by atoms with Crippen LogP contribution in [-0.4, -0.2) is 20.1 Å². The van der Waals surface area contributed by atoms with Crippen LogP contribution in [0.5, 0.6) is 0 Å². The lowest BCUT2D eigenvalue weighted by Gasteiger charge is -1.94. The molecule has 3 aromatic heterocycles. The molecule has 2 N–H and O–H groups in total. The number of benzene rings is 1. The molecule has 3 heterocycles. The maximum atomic E-state index is 14.0. The van der Waals surface area contributed by atoms with E-state index in [1.807, 2.05) is 13.0 Å². The molecular weight excluding hydrogens is 299 g/mol. The van der Waals surface area contributed by atoms with E-state index in [4.69, 9.17) is 4.52 Å². The van der Waals surface area contributed by atoms with E-state index in [-0.39, 0.29) is 17.3 Å². The number of aryl methyl sites for hydroxylation is 1. The molecule has 1 aromatic carbocycles. The van der Waals surface area contributed by atoms with Crippen LogP contribution >= 0.6 is 0 Å². The zero-order valence-electron chi connectivity index (χ0n) is 12.1. The number of halogens is 1. The quantitative estimate of drug-likeness (QED) is 0.596. The van der Waals surface area contributed by atoms with Crippen molar-refractivity contribution in [3.63, 3.8) is 0 Å². The standard InChI is InChI=1S/C16H11FN4O2/c1-8-4-11(17)10-6-13(19-12(10)5-8)16-20-15(21-23-16)9-2-3-14(22)18-7-9/h2-7,19H,1H3,(H,18,22). The molecule has 7 heteroatoms. The van der Waals surface area contributed by atoms with Gasteiger partial charge >= 0.3 is 0 Å². The van der Waals surface area contributed by atoms with E-state index >= 15 is 0 Å². The van der Waals surface area contributed by atoms with E-state index in [1.165, 1.54) is 18.3 Å². The lowest BCUT2D eigenvalue weighted by molar-refractivity contribution is 0.431.